The molecule has 0 fully saturated rings. The number of fused-ring (bicyclic) bond motifs is 1. The van der Waals surface area contributed by atoms with Crippen molar-refractivity contribution >= 4 is 11.8 Å². The van der Waals surface area contributed by atoms with Gasteiger partial charge < -0.3 is 15.5 Å². The second-order valence-electron chi connectivity index (χ2n) is 7.54. The van der Waals surface area contributed by atoms with Crippen LogP contribution in [-0.4, -0.2) is 42.5 Å². The lowest BCUT2D eigenvalue weighted by molar-refractivity contribution is -0.137. The summed E-state index contributed by atoms with van der Waals surface area (Å²) in [4.78, 5) is 19.9. The Kier molecular flexibility index (Phi) is 5.92. The highest BCUT2D eigenvalue weighted by Crippen LogP contribution is 2.23. The van der Waals surface area contributed by atoms with Gasteiger partial charge in [-0.25, -0.2) is 9.97 Å². The van der Waals surface area contributed by atoms with E-state index in [9.17, 15) is 15.0 Å². The molecule has 1 unspecified atom stereocenters. The molecule has 8 nitrogen and oxygen atoms in total. The van der Waals surface area contributed by atoms with E-state index in [1.807, 2.05) is 6.07 Å². The van der Waals surface area contributed by atoms with E-state index in [4.69, 9.17) is 4.98 Å². The maximum absolute atomic E-state index is 11.3. The van der Waals surface area contributed by atoms with Gasteiger partial charge in [0.1, 0.15) is 5.82 Å². The number of carboxylic acids is 1. The van der Waals surface area contributed by atoms with E-state index in [1.165, 1.54) is 17.8 Å². The van der Waals surface area contributed by atoms with E-state index >= 15 is 0 Å². The summed E-state index contributed by atoms with van der Waals surface area (Å²) in [6, 6.07) is 8.84. The first-order valence-electron chi connectivity index (χ1n) is 10.2. The van der Waals surface area contributed by atoms with Crippen molar-refractivity contribution in [3.63, 3.8) is 0 Å². The third kappa shape index (κ3) is 4.76. The predicted molar refractivity (Wildman–Crippen MR) is 112 cm³/mol. The first-order chi connectivity index (χ1) is 14.6. The largest absolute Gasteiger partial charge is 0.493 e. The maximum atomic E-state index is 11.3. The first kappa shape index (κ1) is 19.9. The lowest BCUT2D eigenvalue weighted by Crippen LogP contribution is -2.16. The topological polar surface area (TPSA) is 113 Å². The molecule has 0 saturated heterocycles. The van der Waals surface area contributed by atoms with E-state index in [0.29, 0.717) is 5.56 Å². The van der Waals surface area contributed by atoms with E-state index < -0.39 is 12.0 Å². The summed E-state index contributed by atoms with van der Waals surface area (Å²) in [5.41, 5.74) is 3.96. The lowest BCUT2D eigenvalue weighted by atomic mass is 10.1. The van der Waals surface area contributed by atoms with Crippen molar-refractivity contribution in [1.82, 2.24) is 19.7 Å². The van der Waals surface area contributed by atoms with E-state index in [0.717, 1.165) is 55.9 Å². The van der Waals surface area contributed by atoms with Gasteiger partial charge in [0.15, 0.2) is 0 Å². The molecule has 0 saturated carbocycles. The Balaban J connectivity index is 1.40. The van der Waals surface area contributed by atoms with Crippen molar-refractivity contribution in [2.45, 2.75) is 44.6 Å². The number of aromatic nitrogens is 4. The van der Waals surface area contributed by atoms with Gasteiger partial charge in [-0.05, 0) is 61.4 Å². The molecule has 1 aliphatic heterocycles. The molecular weight excluding hydrogens is 382 g/mol. The summed E-state index contributed by atoms with van der Waals surface area (Å²) < 4.78 is 1.67. The molecule has 3 aromatic heterocycles. The predicted octanol–water partition coefficient (Wildman–Crippen LogP) is 2.98. The molecule has 8 heteroatoms. The number of aliphatic carboxylic acids is 1. The Hall–Kier alpha value is -3.42. The molecule has 0 aromatic carbocycles. The molecule has 3 N–H and O–H groups in total. The average Bonchev–Trinajstić information content (AvgIpc) is 3.21. The molecule has 156 valence electrons. The van der Waals surface area contributed by atoms with Crippen LogP contribution in [-0.2, 0) is 24.1 Å². The Morgan fingerprint density at radius 1 is 1.17 bits per heavy atom. The molecule has 0 aliphatic carbocycles. The van der Waals surface area contributed by atoms with Crippen molar-refractivity contribution in [3.05, 3.63) is 65.2 Å². The van der Waals surface area contributed by atoms with Crippen LogP contribution in [0.3, 0.4) is 0 Å². The molecule has 1 atom stereocenters. The quantitative estimate of drug-likeness (QED) is 0.526. The lowest BCUT2D eigenvalue weighted by Gasteiger charge is -2.17. The summed E-state index contributed by atoms with van der Waals surface area (Å²) in [5, 5.41) is 26.6. The van der Waals surface area contributed by atoms with Gasteiger partial charge in [-0.1, -0.05) is 6.07 Å². The van der Waals surface area contributed by atoms with Gasteiger partial charge in [0.25, 0.3) is 0 Å². The number of carboxylic acid groups (broad SMARTS) is 1. The summed E-state index contributed by atoms with van der Waals surface area (Å²) in [6.07, 6.45) is 7.97. The Morgan fingerprint density at radius 3 is 2.83 bits per heavy atom. The second-order valence-corrected chi connectivity index (χ2v) is 7.54. The van der Waals surface area contributed by atoms with Crippen molar-refractivity contribution in [2.75, 3.05) is 11.9 Å². The van der Waals surface area contributed by atoms with Crippen molar-refractivity contribution in [1.29, 1.82) is 0 Å². The maximum Gasteiger partial charge on any atom is 0.305 e. The monoisotopic (exact) mass is 407 g/mol. The third-order valence-corrected chi connectivity index (χ3v) is 5.32. The number of nitrogens with one attached hydrogen (secondary N) is 1. The SMILES string of the molecule is O=C(O)CC(c1ccc(O)nc1)n1ccc(CCCc2ccc3c(n2)NCCC3)n1. The summed E-state index contributed by atoms with van der Waals surface area (Å²) in [5.74, 6) is -0.000710. The number of hydrogen-bond donors (Lipinski definition) is 3. The van der Waals surface area contributed by atoms with Gasteiger partial charge in [0.2, 0.25) is 5.88 Å². The fourth-order valence-electron chi connectivity index (χ4n) is 3.77. The Bertz CT molecular complexity index is 1020. The van der Waals surface area contributed by atoms with Gasteiger partial charge in [0.05, 0.1) is 18.2 Å². The highest BCUT2D eigenvalue weighted by molar-refractivity contribution is 5.68. The zero-order valence-electron chi connectivity index (χ0n) is 16.7. The number of rotatable bonds is 8. The molecule has 4 heterocycles. The second kappa shape index (κ2) is 8.94. The summed E-state index contributed by atoms with van der Waals surface area (Å²) in [6.45, 7) is 0.981. The number of aromatic hydroxyl groups is 1. The minimum atomic E-state index is -0.919. The fraction of sp³-hybridized carbons (Fsp3) is 0.364. The number of nitrogens with zero attached hydrogens (tertiary/aromatic N) is 4. The van der Waals surface area contributed by atoms with Crippen molar-refractivity contribution in [3.8, 4) is 5.88 Å². The van der Waals surface area contributed by atoms with Crippen LogP contribution in [0.1, 0.15) is 47.8 Å². The van der Waals surface area contributed by atoms with Crippen LogP contribution in [0, 0.1) is 0 Å². The average molecular weight is 407 g/mol. The molecule has 0 spiro atoms. The standard InChI is InChI=1S/C22H25N5O3/c28-20-9-7-16(14-24-20)19(13-21(29)30)27-12-10-18(26-27)5-1-4-17-8-6-15-3-2-11-23-22(15)25-17/h6-10,12,14,19H,1-5,11,13H2,(H,23,25)(H,24,28)(H,29,30). The normalized spacial score (nSPS) is 14.0. The molecular formula is C22H25N5O3. The number of carbonyl (C=O) groups is 1. The molecule has 0 radical (unpaired) electrons. The number of anilines is 1. The molecule has 0 amide bonds. The zero-order chi connectivity index (χ0) is 20.9. The summed E-state index contributed by atoms with van der Waals surface area (Å²) in [7, 11) is 0. The van der Waals surface area contributed by atoms with Gasteiger partial charge in [-0.2, -0.15) is 5.10 Å². The molecule has 4 rings (SSSR count). The van der Waals surface area contributed by atoms with Crippen LogP contribution < -0.4 is 5.32 Å². The minimum absolute atomic E-state index is 0.0973. The smallest absolute Gasteiger partial charge is 0.305 e. The van der Waals surface area contributed by atoms with Crippen LogP contribution in [0.5, 0.6) is 5.88 Å². The van der Waals surface area contributed by atoms with Gasteiger partial charge in [-0.3, -0.25) is 9.48 Å². The van der Waals surface area contributed by atoms with Gasteiger partial charge >= 0.3 is 5.97 Å². The Labute approximate surface area is 174 Å². The van der Waals surface area contributed by atoms with E-state index in [-0.39, 0.29) is 12.3 Å². The third-order valence-electron chi connectivity index (χ3n) is 5.32. The minimum Gasteiger partial charge on any atom is -0.493 e. The highest BCUT2D eigenvalue weighted by atomic mass is 16.4. The number of hydrogen-bond acceptors (Lipinski definition) is 6. The molecule has 30 heavy (non-hydrogen) atoms. The van der Waals surface area contributed by atoms with Crippen LogP contribution >= 0.6 is 0 Å². The number of aryl methyl sites for hydroxylation is 3. The van der Waals surface area contributed by atoms with Crippen molar-refractivity contribution in [2.24, 2.45) is 0 Å². The number of pyridine rings is 2. The van der Waals surface area contributed by atoms with E-state index in [2.05, 4.69) is 27.5 Å². The molecule has 1 aliphatic rings. The van der Waals surface area contributed by atoms with E-state index in [1.54, 1.807) is 16.9 Å². The van der Waals surface area contributed by atoms with Gasteiger partial charge in [-0.15, -0.1) is 0 Å². The Morgan fingerprint density at radius 2 is 2.03 bits per heavy atom. The van der Waals surface area contributed by atoms with Crippen LogP contribution in [0.25, 0.3) is 0 Å². The van der Waals surface area contributed by atoms with Crippen LogP contribution in [0.2, 0.25) is 0 Å². The van der Waals surface area contributed by atoms with Crippen LogP contribution in [0.4, 0.5) is 5.82 Å². The zero-order valence-corrected chi connectivity index (χ0v) is 16.7. The first-order valence-corrected chi connectivity index (χ1v) is 10.2. The fourth-order valence-corrected chi connectivity index (χ4v) is 3.77. The van der Waals surface area contributed by atoms with Gasteiger partial charge in [0, 0.05) is 30.7 Å². The van der Waals surface area contributed by atoms with Crippen molar-refractivity contribution < 1.29 is 15.0 Å². The summed E-state index contributed by atoms with van der Waals surface area (Å²) >= 11 is 0. The molecule has 0 bridgehead atoms. The molecule has 3 aromatic rings. The van der Waals surface area contributed by atoms with Crippen LogP contribution in [0.15, 0.2) is 42.7 Å². The highest BCUT2D eigenvalue weighted by Gasteiger charge is 2.19.